The van der Waals surface area contributed by atoms with E-state index in [1.54, 1.807) is 18.0 Å². The molecular formula is C13H18N4S. The maximum absolute atomic E-state index is 4.24. The summed E-state index contributed by atoms with van der Waals surface area (Å²) in [6, 6.07) is 3.92. The molecule has 2 rings (SSSR count). The van der Waals surface area contributed by atoms with Crippen LogP contribution in [0.3, 0.4) is 0 Å². The third kappa shape index (κ3) is 3.10. The van der Waals surface area contributed by atoms with Crippen molar-refractivity contribution in [2.75, 3.05) is 5.75 Å². The molecule has 0 bridgehead atoms. The fourth-order valence-electron chi connectivity index (χ4n) is 1.70. The highest BCUT2D eigenvalue weighted by atomic mass is 32.2. The van der Waals surface area contributed by atoms with Crippen LogP contribution in [-0.2, 0) is 7.05 Å². The van der Waals surface area contributed by atoms with Gasteiger partial charge in [-0.2, -0.15) is 0 Å². The van der Waals surface area contributed by atoms with Crippen LogP contribution in [0.1, 0.15) is 26.2 Å². The van der Waals surface area contributed by atoms with E-state index >= 15 is 0 Å². The van der Waals surface area contributed by atoms with Crippen LogP contribution >= 0.6 is 11.8 Å². The topological polar surface area (TPSA) is 43.6 Å². The van der Waals surface area contributed by atoms with E-state index in [0.29, 0.717) is 0 Å². The molecule has 5 heteroatoms. The lowest BCUT2D eigenvalue weighted by molar-refractivity contribution is 0.767. The molecular weight excluding hydrogens is 244 g/mol. The molecule has 0 radical (unpaired) electrons. The maximum atomic E-state index is 4.24. The predicted octanol–water partition coefficient (Wildman–Crippen LogP) is 3.16. The van der Waals surface area contributed by atoms with Crippen molar-refractivity contribution in [3.05, 3.63) is 24.5 Å². The van der Waals surface area contributed by atoms with Gasteiger partial charge in [0.1, 0.15) is 0 Å². The zero-order valence-corrected chi connectivity index (χ0v) is 11.7. The molecule has 0 aromatic carbocycles. The summed E-state index contributed by atoms with van der Waals surface area (Å²) in [7, 11) is 2.00. The highest BCUT2D eigenvalue weighted by molar-refractivity contribution is 7.99. The monoisotopic (exact) mass is 262 g/mol. The molecule has 0 aliphatic heterocycles. The summed E-state index contributed by atoms with van der Waals surface area (Å²) in [5.41, 5.74) is 1.01. The number of unbranched alkanes of at least 4 members (excludes halogenated alkanes) is 2. The Balaban J connectivity index is 2.05. The van der Waals surface area contributed by atoms with E-state index in [0.717, 1.165) is 22.3 Å². The van der Waals surface area contributed by atoms with Gasteiger partial charge in [0.05, 0.1) is 0 Å². The summed E-state index contributed by atoms with van der Waals surface area (Å²) in [6.07, 6.45) is 7.34. The average Bonchev–Trinajstić information content (AvgIpc) is 2.77. The van der Waals surface area contributed by atoms with Crippen molar-refractivity contribution < 1.29 is 0 Å². The zero-order valence-electron chi connectivity index (χ0n) is 10.8. The molecule has 2 heterocycles. The van der Waals surface area contributed by atoms with E-state index in [1.165, 1.54) is 19.3 Å². The van der Waals surface area contributed by atoms with Gasteiger partial charge in [-0.15, -0.1) is 10.2 Å². The second kappa shape index (κ2) is 6.54. The summed E-state index contributed by atoms with van der Waals surface area (Å²) in [5.74, 6) is 1.98. The third-order valence-electron chi connectivity index (χ3n) is 2.73. The minimum absolute atomic E-state index is 0.876. The molecule has 4 nitrogen and oxygen atoms in total. The molecule has 96 valence electrons. The summed E-state index contributed by atoms with van der Waals surface area (Å²) in [6.45, 7) is 2.22. The lowest BCUT2D eigenvalue weighted by Crippen LogP contribution is -1.95. The lowest BCUT2D eigenvalue weighted by Gasteiger charge is -2.03. The first kappa shape index (κ1) is 13.1. The van der Waals surface area contributed by atoms with Gasteiger partial charge in [-0.1, -0.05) is 31.5 Å². The number of hydrogen-bond donors (Lipinski definition) is 0. The van der Waals surface area contributed by atoms with Gasteiger partial charge in [0.2, 0.25) is 0 Å². The highest BCUT2D eigenvalue weighted by Crippen LogP contribution is 2.22. The Morgan fingerprint density at radius 1 is 1.28 bits per heavy atom. The van der Waals surface area contributed by atoms with E-state index in [-0.39, 0.29) is 0 Å². The van der Waals surface area contributed by atoms with Gasteiger partial charge in [-0.25, -0.2) is 0 Å². The molecule has 18 heavy (non-hydrogen) atoms. The summed E-state index contributed by atoms with van der Waals surface area (Å²) < 4.78 is 2.04. The SMILES string of the molecule is CCCCCSc1nnc(-c2cccnc2)n1C. The molecule has 2 aromatic heterocycles. The maximum Gasteiger partial charge on any atom is 0.191 e. The molecule has 0 N–H and O–H groups in total. The van der Waals surface area contributed by atoms with E-state index in [1.807, 2.05) is 29.9 Å². The Labute approximate surface area is 112 Å². The number of thioether (sulfide) groups is 1. The largest absolute Gasteiger partial charge is 0.305 e. The van der Waals surface area contributed by atoms with Crippen LogP contribution in [0.2, 0.25) is 0 Å². The second-order valence-electron chi connectivity index (χ2n) is 4.16. The van der Waals surface area contributed by atoms with Crippen molar-refractivity contribution in [3.63, 3.8) is 0 Å². The quantitative estimate of drug-likeness (QED) is 0.592. The summed E-state index contributed by atoms with van der Waals surface area (Å²) in [4.78, 5) is 4.11. The van der Waals surface area contributed by atoms with Gasteiger partial charge >= 0.3 is 0 Å². The first-order chi connectivity index (χ1) is 8.83. The second-order valence-corrected chi connectivity index (χ2v) is 5.22. The van der Waals surface area contributed by atoms with Gasteiger partial charge in [-0.05, 0) is 18.6 Å². The molecule has 0 amide bonds. The van der Waals surface area contributed by atoms with Crippen LogP contribution in [0.5, 0.6) is 0 Å². The highest BCUT2D eigenvalue weighted by Gasteiger charge is 2.10. The van der Waals surface area contributed by atoms with Crippen LogP contribution in [0.15, 0.2) is 29.7 Å². The number of rotatable bonds is 6. The van der Waals surface area contributed by atoms with Crippen LogP contribution < -0.4 is 0 Å². The van der Waals surface area contributed by atoms with Gasteiger partial charge < -0.3 is 4.57 Å². The Morgan fingerprint density at radius 2 is 2.17 bits per heavy atom. The normalized spacial score (nSPS) is 10.8. The molecule has 0 unspecified atom stereocenters. The number of nitrogens with zero attached hydrogens (tertiary/aromatic N) is 4. The van der Waals surface area contributed by atoms with Gasteiger partial charge in [0, 0.05) is 30.8 Å². The fraction of sp³-hybridized carbons (Fsp3) is 0.462. The zero-order chi connectivity index (χ0) is 12.8. The van der Waals surface area contributed by atoms with Gasteiger partial charge in [-0.3, -0.25) is 4.98 Å². The Kier molecular flexibility index (Phi) is 4.75. The van der Waals surface area contributed by atoms with Crippen LogP contribution in [0, 0.1) is 0 Å². The summed E-state index contributed by atoms with van der Waals surface area (Å²) >= 11 is 1.77. The van der Waals surface area contributed by atoms with Crippen LogP contribution in [-0.4, -0.2) is 25.5 Å². The molecule has 0 saturated heterocycles. The Hall–Kier alpha value is -1.36. The fourth-order valence-corrected chi connectivity index (χ4v) is 2.61. The minimum Gasteiger partial charge on any atom is -0.305 e. The van der Waals surface area contributed by atoms with Crippen molar-refractivity contribution >= 4 is 11.8 Å². The van der Waals surface area contributed by atoms with Crippen molar-refractivity contribution in [2.45, 2.75) is 31.3 Å². The van der Waals surface area contributed by atoms with Crippen LogP contribution in [0.4, 0.5) is 0 Å². The minimum atomic E-state index is 0.876. The van der Waals surface area contributed by atoms with Crippen molar-refractivity contribution in [2.24, 2.45) is 7.05 Å². The standard InChI is InChI=1S/C13H18N4S/c1-3-4-5-9-18-13-16-15-12(17(13)2)11-7-6-8-14-10-11/h6-8,10H,3-5,9H2,1-2H3. The van der Waals surface area contributed by atoms with Crippen molar-refractivity contribution in [1.29, 1.82) is 0 Å². The number of pyridine rings is 1. The first-order valence-corrected chi connectivity index (χ1v) is 7.24. The number of hydrogen-bond acceptors (Lipinski definition) is 4. The first-order valence-electron chi connectivity index (χ1n) is 6.25. The van der Waals surface area contributed by atoms with Crippen LogP contribution in [0.25, 0.3) is 11.4 Å². The molecule has 0 atom stereocenters. The molecule has 2 aromatic rings. The predicted molar refractivity (Wildman–Crippen MR) is 74.5 cm³/mol. The van der Waals surface area contributed by atoms with Crippen molar-refractivity contribution in [3.8, 4) is 11.4 Å². The smallest absolute Gasteiger partial charge is 0.191 e. The summed E-state index contributed by atoms with van der Waals surface area (Å²) in [5, 5.41) is 9.45. The molecule has 0 aliphatic carbocycles. The van der Waals surface area contributed by atoms with Gasteiger partial charge in [0.25, 0.3) is 0 Å². The molecule has 0 spiro atoms. The number of aromatic nitrogens is 4. The molecule has 0 saturated carbocycles. The molecule has 0 fully saturated rings. The molecule has 0 aliphatic rings. The Bertz CT molecular complexity index is 481. The van der Waals surface area contributed by atoms with E-state index < -0.39 is 0 Å². The van der Waals surface area contributed by atoms with E-state index in [2.05, 4.69) is 22.1 Å². The lowest BCUT2D eigenvalue weighted by atomic mass is 10.3. The van der Waals surface area contributed by atoms with Gasteiger partial charge in [0.15, 0.2) is 11.0 Å². The third-order valence-corrected chi connectivity index (χ3v) is 3.84. The van der Waals surface area contributed by atoms with E-state index in [9.17, 15) is 0 Å². The van der Waals surface area contributed by atoms with E-state index in [4.69, 9.17) is 0 Å². The average molecular weight is 262 g/mol. The van der Waals surface area contributed by atoms with Crippen molar-refractivity contribution in [1.82, 2.24) is 19.7 Å². The Morgan fingerprint density at radius 3 is 2.89 bits per heavy atom.